The molecule has 1 aromatic heterocycles. The summed E-state index contributed by atoms with van der Waals surface area (Å²) in [6.45, 7) is 3.16. The van der Waals surface area contributed by atoms with Gasteiger partial charge in [-0.2, -0.15) is 5.10 Å². The summed E-state index contributed by atoms with van der Waals surface area (Å²) in [4.78, 5) is 0.0369. The van der Waals surface area contributed by atoms with Crippen LogP contribution in [0.1, 0.15) is 11.4 Å². The molecule has 0 spiro atoms. The van der Waals surface area contributed by atoms with E-state index in [2.05, 4.69) is 30.8 Å². The van der Waals surface area contributed by atoms with Gasteiger partial charge in [-0.25, -0.2) is 12.8 Å². The topological polar surface area (TPSA) is 74.8 Å². The average Bonchev–Trinajstić information content (AvgIpc) is 2.63. The normalized spacial score (nSPS) is 11.6. The molecular formula is C11H11BrFN3O2S. The molecule has 1 aromatic carbocycles. The Labute approximate surface area is 118 Å². The number of benzene rings is 1. The number of nitrogens with zero attached hydrogens (tertiary/aromatic N) is 1. The number of H-pyrrole nitrogens is 1. The summed E-state index contributed by atoms with van der Waals surface area (Å²) in [7, 11) is -3.87. The molecule has 0 radical (unpaired) electrons. The maximum atomic E-state index is 13.6. The summed E-state index contributed by atoms with van der Waals surface area (Å²) in [6, 6.07) is 4.09. The molecular weight excluding hydrogens is 337 g/mol. The van der Waals surface area contributed by atoms with Gasteiger partial charge >= 0.3 is 0 Å². The predicted molar refractivity (Wildman–Crippen MR) is 73.0 cm³/mol. The lowest BCUT2D eigenvalue weighted by atomic mass is 10.3. The van der Waals surface area contributed by atoms with Gasteiger partial charge in [0, 0.05) is 4.47 Å². The number of halogens is 2. The molecule has 0 aliphatic rings. The second kappa shape index (κ2) is 4.93. The van der Waals surface area contributed by atoms with Crippen molar-refractivity contribution in [3.63, 3.8) is 0 Å². The van der Waals surface area contributed by atoms with E-state index in [-0.39, 0.29) is 10.6 Å². The van der Waals surface area contributed by atoms with Crippen molar-refractivity contribution in [2.45, 2.75) is 18.7 Å². The van der Waals surface area contributed by atoms with Crippen LogP contribution in [0.2, 0.25) is 0 Å². The SMILES string of the molecule is Cc1n[nH]c(C)c1S(=O)(=O)Nc1ccc(Br)cc1F. The van der Waals surface area contributed by atoms with Crippen molar-refractivity contribution in [2.24, 2.45) is 0 Å². The first-order valence-corrected chi connectivity index (χ1v) is 7.58. The van der Waals surface area contributed by atoms with Gasteiger partial charge in [-0.3, -0.25) is 9.82 Å². The molecule has 2 aromatic rings. The maximum absolute atomic E-state index is 13.6. The summed E-state index contributed by atoms with van der Waals surface area (Å²) in [6.07, 6.45) is 0. The van der Waals surface area contributed by atoms with Crippen molar-refractivity contribution in [3.8, 4) is 0 Å². The van der Waals surface area contributed by atoms with E-state index >= 15 is 0 Å². The number of aromatic amines is 1. The lowest BCUT2D eigenvalue weighted by molar-refractivity contribution is 0.597. The zero-order chi connectivity index (χ0) is 14.2. The van der Waals surface area contributed by atoms with Gasteiger partial charge in [-0.1, -0.05) is 15.9 Å². The predicted octanol–water partition coefficient (Wildman–Crippen LogP) is 2.73. The van der Waals surface area contributed by atoms with Crippen LogP contribution >= 0.6 is 15.9 Å². The summed E-state index contributed by atoms with van der Waals surface area (Å²) in [5, 5.41) is 6.40. The molecule has 0 bridgehead atoms. The number of aryl methyl sites for hydroxylation is 2. The third kappa shape index (κ3) is 2.79. The highest BCUT2D eigenvalue weighted by Crippen LogP contribution is 2.24. The largest absolute Gasteiger partial charge is 0.281 e. The lowest BCUT2D eigenvalue weighted by Crippen LogP contribution is -2.15. The third-order valence-corrected chi connectivity index (χ3v) is 4.63. The molecule has 0 aliphatic carbocycles. The molecule has 2 rings (SSSR count). The minimum absolute atomic E-state index is 0.0369. The van der Waals surface area contributed by atoms with Crippen LogP contribution in [0, 0.1) is 19.7 Å². The fourth-order valence-electron chi connectivity index (χ4n) is 1.70. The van der Waals surface area contributed by atoms with E-state index < -0.39 is 15.8 Å². The Balaban J connectivity index is 2.42. The van der Waals surface area contributed by atoms with Crippen LogP contribution in [-0.2, 0) is 10.0 Å². The average molecular weight is 348 g/mol. The van der Waals surface area contributed by atoms with Crippen molar-refractivity contribution in [2.75, 3.05) is 4.72 Å². The Kier molecular flexibility index (Phi) is 3.64. The summed E-state index contributed by atoms with van der Waals surface area (Å²) < 4.78 is 40.8. The molecule has 0 unspecified atom stereocenters. The van der Waals surface area contributed by atoms with Gasteiger partial charge in [0.05, 0.1) is 17.1 Å². The Hall–Kier alpha value is -1.41. The van der Waals surface area contributed by atoms with E-state index in [0.29, 0.717) is 15.9 Å². The highest BCUT2D eigenvalue weighted by atomic mass is 79.9. The number of rotatable bonds is 3. The Morgan fingerprint density at radius 1 is 1.37 bits per heavy atom. The van der Waals surface area contributed by atoms with Gasteiger partial charge in [-0.15, -0.1) is 0 Å². The molecule has 0 saturated heterocycles. The Bertz CT molecular complexity index is 708. The number of hydrogen-bond acceptors (Lipinski definition) is 3. The Morgan fingerprint density at radius 2 is 2.05 bits per heavy atom. The molecule has 1 heterocycles. The first kappa shape index (κ1) is 14.0. The quantitative estimate of drug-likeness (QED) is 0.896. The maximum Gasteiger partial charge on any atom is 0.265 e. The van der Waals surface area contributed by atoms with Crippen LogP contribution < -0.4 is 4.72 Å². The minimum atomic E-state index is -3.87. The molecule has 0 atom stereocenters. The van der Waals surface area contributed by atoms with Crippen LogP contribution in [0.3, 0.4) is 0 Å². The second-order valence-corrected chi connectivity index (χ2v) is 6.53. The monoisotopic (exact) mass is 347 g/mol. The zero-order valence-electron chi connectivity index (χ0n) is 10.2. The number of aromatic nitrogens is 2. The summed E-state index contributed by atoms with van der Waals surface area (Å²) in [5.41, 5.74) is 0.633. The third-order valence-electron chi connectivity index (χ3n) is 2.50. The number of sulfonamides is 1. The summed E-state index contributed by atoms with van der Waals surface area (Å²) in [5.74, 6) is -0.656. The molecule has 0 amide bonds. The first-order valence-electron chi connectivity index (χ1n) is 5.30. The van der Waals surface area contributed by atoms with Crippen molar-refractivity contribution < 1.29 is 12.8 Å². The van der Waals surface area contributed by atoms with Gasteiger partial charge in [0.15, 0.2) is 0 Å². The van der Waals surface area contributed by atoms with E-state index in [1.807, 2.05) is 0 Å². The minimum Gasteiger partial charge on any atom is -0.281 e. The highest BCUT2D eigenvalue weighted by Gasteiger charge is 2.23. The van der Waals surface area contributed by atoms with Crippen molar-refractivity contribution in [1.82, 2.24) is 10.2 Å². The molecule has 0 aliphatic heterocycles. The van der Waals surface area contributed by atoms with E-state index in [1.54, 1.807) is 19.9 Å². The standard InChI is InChI=1S/C11H11BrFN3O2S/c1-6-11(7(2)15-14-6)19(17,18)16-10-4-3-8(12)5-9(10)13/h3-5,16H,1-2H3,(H,14,15). The molecule has 2 N–H and O–H groups in total. The van der Waals surface area contributed by atoms with Gasteiger partial charge < -0.3 is 0 Å². The van der Waals surface area contributed by atoms with Crippen LogP contribution in [0.25, 0.3) is 0 Å². The van der Waals surface area contributed by atoms with E-state index in [1.165, 1.54) is 12.1 Å². The fourth-order valence-corrected chi connectivity index (χ4v) is 3.48. The fraction of sp³-hybridized carbons (Fsp3) is 0.182. The molecule has 8 heteroatoms. The molecule has 19 heavy (non-hydrogen) atoms. The van der Waals surface area contributed by atoms with Crippen LogP contribution in [0.5, 0.6) is 0 Å². The van der Waals surface area contributed by atoms with E-state index in [0.717, 1.165) is 0 Å². The smallest absolute Gasteiger partial charge is 0.265 e. The zero-order valence-corrected chi connectivity index (χ0v) is 12.6. The van der Waals surface area contributed by atoms with Crippen molar-refractivity contribution in [1.29, 1.82) is 0 Å². The van der Waals surface area contributed by atoms with Gasteiger partial charge in [0.25, 0.3) is 10.0 Å². The van der Waals surface area contributed by atoms with Crippen molar-refractivity contribution in [3.05, 3.63) is 39.9 Å². The lowest BCUT2D eigenvalue weighted by Gasteiger charge is -2.09. The number of anilines is 1. The van der Waals surface area contributed by atoms with Crippen LogP contribution in [0.15, 0.2) is 27.6 Å². The van der Waals surface area contributed by atoms with Crippen LogP contribution in [-0.4, -0.2) is 18.6 Å². The van der Waals surface area contributed by atoms with Gasteiger partial charge in [0.1, 0.15) is 10.7 Å². The molecule has 102 valence electrons. The van der Waals surface area contributed by atoms with Crippen molar-refractivity contribution >= 4 is 31.6 Å². The Morgan fingerprint density at radius 3 is 2.58 bits per heavy atom. The highest BCUT2D eigenvalue weighted by molar-refractivity contribution is 9.10. The second-order valence-electron chi connectivity index (χ2n) is 3.99. The van der Waals surface area contributed by atoms with Gasteiger partial charge in [-0.05, 0) is 32.0 Å². The number of hydrogen-bond donors (Lipinski definition) is 2. The molecule has 0 saturated carbocycles. The van der Waals surface area contributed by atoms with Crippen LogP contribution in [0.4, 0.5) is 10.1 Å². The first-order chi connectivity index (χ1) is 8.81. The van der Waals surface area contributed by atoms with E-state index in [4.69, 9.17) is 0 Å². The molecule has 5 nitrogen and oxygen atoms in total. The number of nitrogens with one attached hydrogen (secondary N) is 2. The van der Waals surface area contributed by atoms with E-state index in [9.17, 15) is 12.8 Å². The molecule has 0 fully saturated rings. The van der Waals surface area contributed by atoms with Gasteiger partial charge in [0.2, 0.25) is 0 Å². The summed E-state index contributed by atoms with van der Waals surface area (Å²) >= 11 is 3.11.